The molecule has 5 heteroatoms. The molecule has 0 amide bonds. The minimum atomic E-state index is -0.0900. The smallest absolute Gasteiger partial charge is 0.145 e. The zero-order valence-electron chi connectivity index (χ0n) is 13.8. The minimum Gasteiger partial charge on any atom is -0.359 e. The second-order valence-electron chi connectivity index (χ2n) is 7.21. The van der Waals surface area contributed by atoms with Crippen LogP contribution in [0.5, 0.6) is 0 Å². The number of hydrogen-bond donors (Lipinski definition) is 2. The molecule has 118 valence electrons. The first-order valence-electron chi connectivity index (χ1n) is 7.97. The third-order valence-corrected chi connectivity index (χ3v) is 4.18. The van der Waals surface area contributed by atoms with Crippen molar-refractivity contribution in [3.05, 3.63) is 11.9 Å². The van der Waals surface area contributed by atoms with Gasteiger partial charge in [-0.2, -0.15) is 0 Å². The standard InChI is InChI=1S/C16H29N5/c1-16(2,3)15-18-13(20-17)10-14(19-15)21(4)11-12-8-6-5-7-9-12/h10,12H,5-9,11,17H2,1-4H3,(H,18,19,20). The van der Waals surface area contributed by atoms with Gasteiger partial charge in [0.1, 0.15) is 17.5 Å². The molecular formula is C16H29N5. The molecular weight excluding hydrogens is 262 g/mol. The van der Waals surface area contributed by atoms with Crippen LogP contribution in [-0.2, 0) is 5.41 Å². The average molecular weight is 291 g/mol. The lowest BCUT2D eigenvalue weighted by molar-refractivity contribution is 0.361. The Labute approximate surface area is 128 Å². The zero-order chi connectivity index (χ0) is 15.5. The maximum Gasteiger partial charge on any atom is 0.145 e. The number of nitrogens with one attached hydrogen (secondary N) is 1. The normalized spacial score (nSPS) is 16.8. The summed E-state index contributed by atoms with van der Waals surface area (Å²) in [6.45, 7) is 7.42. The van der Waals surface area contributed by atoms with E-state index in [9.17, 15) is 0 Å². The van der Waals surface area contributed by atoms with Crippen molar-refractivity contribution in [3.63, 3.8) is 0 Å². The summed E-state index contributed by atoms with van der Waals surface area (Å²) in [4.78, 5) is 11.5. The Balaban J connectivity index is 2.17. The van der Waals surface area contributed by atoms with Crippen LogP contribution in [0.15, 0.2) is 6.07 Å². The van der Waals surface area contributed by atoms with Crippen LogP contribution < -0.4 is 16.2 Å². The quantitative estimate of drug-likeness (QED) is 0.659. The van der Waals surface area contributed by atoms with E-state index in [-0.39, 0.29) is 5.41 Å². The number of nitrogens with zero attached hydrogens (tertiary/aromatic N) is 3. The molecule has 1 aliphatic rings. The minimum absolute atomic E-state index is 0.0900. The Morgan fingerprint density at radius 3 is 2.48 bits per heavy atom. The van der Waals surface area contributed by atoms with Crippen LogP contribution in [0.25, 0.3) is 0 Å². The fourth-order valence-electron chi connectivity index (χ4n) is 2.89. The number of anilines is 2. The van der Waals surface area contributed by atoms with Crippen molar-refractivity contribution in [2.45, 2.75) is 58.3 Å². The number of hydrogen-bond acceptors (Lipinski definition) is 5. The second kappa shape index (κ2) is 6.60. The lowest BCUT2D eigenvalue weighted by Gasteiger charge is -2.28. The lowest BCUT2D eigenvalue weighted by atomic mass is 9.89. The third kappa shape index (κ3) is 4.30. The lowest BCUT2D eigenvalue weighted by Crippen LogP contribution is -2.29. The zero-order valence-corrected chi connectivity index (χ0v) is 13.8. The van der Waals surface area contributed by atoms with Gasteiger partial charge in [-0.15, -0.1) is 0 Å². The van der Waals surface area contributed by atoms with E-state index in [0.717, 1.165) is 24.1 Å². The van der Waals surface area contributed by atoms with E-state index in [1.54, 1.807) is 0 Å². The summed E-state index contributed by atoms with van der Waals surface area (Å²) in [5.74, 6) is 8.80. The number of nitrogen functional groups attached to an aromatic ring is 1. The van der Waals surface area contributed by atoms with Crippen LogP contribution in [0.3, 0.4) is 0 Å². The van der Waals surface area contributed by atoms with Gasteiger partial charge in [0, 0.05) is 25.1 Å². The van der Waals surface area contributed by atoms with E-state index in [2.05, 4.69) is 43.1 Å². The van der Waals surface area contributed by atoms with Gasteiger partial charge in [-0.1, -0.05) is 40.0 Å². The summed E-state index contributed by atoms with van der Waals surface area (Å²) in [7, 11) is 2.11. The summed E-state index contributed by atoms with van der Waals surface area (Å²) < 4.78 is 0. The number of aromatic nitrogens is 2. The summed E-state index contributed by atoms with van der Waals surface area (Å²) in [5.41, 5.74) is 2.57. The van der Waals surface area contributed by atoms with E-state index in [0.29, 0.717) is 5.82 Å². The fourth-order valence-corrected chi connectivity index (χ4v) is 2.89. The predicted molar refractivity (Wildman–Crippen MR) is 88.4 cm³/mol. The van der Waals surface area contributed by atoms with Crippen molar-refractivity contribution in [3.8, 4) is 0 Å². The summed E-state index contributed by atoms with van der Waals surface area (Å²) in [6, 6.07) is 1.93. The van der Waals surface area contributed by atoms with Gasteiger partial charge in [0.2, 0.25) is 0 Å². The van der Waals surface area contributed by atoms with Crippen molar-refractivity contribution in [2.75, 3.05) is 23.9 Å². The van der Waals surface area contributed by atoms with Gasteiger partial charge in [0.15, 0.2) is 0 Å². The van der Waals surface area contributed by atoms with Gasteiger partial charge in [0.25, 0.3) is 0 Å². The van der Waals surface area contributed by atoms with E-state index in [1.807, 2.05) is 6.07 Å². The molecule has 21 heavy (non-hydrogen) atoms. The van der Waals surface area contributed by atoms with E-state index >= 15 is 0 Å². The first kappa shape index (κ1) is 16.0. The SMILES string of the molecule is CN(CC1CCCCC1)c1cc(NN)nc(C(C)(C)C)n1. The van der Waals surface area contributed by atoms with Crippen molar-refractivity contribution in [1.29, 1.82) is 0 Å². The molecule has 1 saturated carbocycles. The molecule has 2 rings (SSSR count). The Hall–Kier alpha value is -1.36. The molecule has 0 bridgehead atoms. The highest BCUT2D eigenvalue weighted by Crippen LogP contribution is 2.27. The Bertz CT molecular complexity index is 460. The van der Waals surface area contributed by atoms with Crippen molar-refractivity contribution < 1.29 is 0 Å². The summed E-state index contributed by atoms with van der Waals surface area (Å²) in [5, 5.41) is 0. The molecule has 0 aromatic carbocycles. The summed E-state index contributed by atoms with van der Waals surface area (Å²) >= 11 is 0. The monoisotopic (exact) mass is 291 g/mol. The average Bonchev–Trinajstić information content (AvgIpc) is 2.46. The number of rotatable bonds is 4. The first-order valence-corrected chi connectivity index (χ1v) is 7.97. The Morgan fingerprint density at radius 2 is 1.90 bits per heavy atom. The van der Waals surface area contributed by atoms with Crippen LogP contribution in [0, 0.1) is 5.92 Å². The van der Waals surface area contributed by atoms with Crippen molar-refractivity contribution >= 4 is 11.6 Å². The number of nitrogens with two attached hydrogens (primary N) is 1. The van der Waals surface area contributed by atoms with Gasteiger partial charge in [-0.05, 0) is 18.8 Å². The molecule has 3 N–H and O–H groups in total. The molecule has 1 fully saturated rings. The van der Waals surface area contributed by atoms with Gasteiger partial charge >= 0.3 is 0 Å². The maximum atomic E-state index is 5.56. The molecule has 1 aromatic rings. The highest BCUT2D eigenvalue weighted by molar-refractivity contribution is 5.49. The molecule has 0 radical (unpaired) electrons. The number of hydrazine groups is 1. The van der Waals surface area contributed by atoms with Gasteiger partial charge < -0.3 is 10.3 Å². The first-order chi connectivity index (χ1) is 9.90. The molecule has 5 nitrogen and oxygen atoms in total. The van der Waals surface area contributed by atoms with E-state index in [4.69, 9.17) is 10.8 Å². The van der Waals surface area contributed by atoms with E-state index < -0.39 is 0 Å². The topological polar surface area (TPSA) is 67.1 Å². The highest BCUT2D eigenvalue weighted by Gasteiger charge is 2.21. The van der Waals surface area contributed by atoms with E-state index in [1.165, 1.54) is 32.1 Å². The summed E-state index contributed by atoms with van der Waals surface area (Å²) in [6.07, 6.45) is 6.80. The molecule has 1 aliphatic carbocycles. The second-order valence-corrected chi connectivity index (χ2v) is 7.21. The highest BCUT2D eigenvalue weighted by atomic mass is 15.3. The molecule has 0 unspecified atom stereocenters. The van der Waals surface area contributed by atoms with Gasteiger partial charge in [-0.3, -0.25) is 0 Å². The molecule has 0 aliphatic heterocycles. The van der Waals surface area contributed by atoms with Gasteiger partial charge in [-0.25, -0.2) is 15.8 Å². The molecule has 1 aromatic heterocycles. The predicted octanol–water partition coefficient (Wildman–Crippen LogP) is 3.08. The molecule has 0 saturated heterocycles. The Kier molecular flexibility index (Phi) is 5.04. The maximum absolute atomic E-state index is 5.56. The van der Waals surface area contributed by atoms with Crippen LogP contribution in [-0.4, -0.2) is 23.6 Å². The van der Waals surface area contributed by atoms with Gasteiger partial charge in [0.05, 0.1) is 0 Å². The van der Waals surface area contributed by atoms with Crippen LogP contribution in [0.1, 0.15) is 58.7 Å². The van der Waals surface area contributed by atoms with Crippen LogP contribution >= 0.6 is 0 Å². The Morgan fingerprint density at radius 1 is 1.24 bits per heavy atom. The largest absolute Gasteiger partial charge is 0.359 e. The van der Waals surface area contributed by atoms with Crippen LogP contribution in [0.4, 0.5) is 11.6 Å². The third-order valence-electron chi connectivity index (χ3n) is 4.18. The fraction of sp³-hybridized carbons (Fsp3) is 0.750. The van der Waals surface area contributed by atoms with Crippen molar-refractivity contribution in [2.24, 2.45) is 11.8 Å². The molecule has 0 spiro atoms. The van der Waals surface area contributed by atoms with Crippen molar-refractivity contribution in [1.82, 2.24) is 9.97 Å². The molecule has 1 heterocycles. The molecule has 0 atom stereocenters. The van der Waals surface area contributed by atoms with Crippen LogP contribution in [0.2, 0.25) is 0 Å².